The highest BCUT2D eigenvalue weighted by Gasteiger charge is 2.27. The number of anilines is 1. The zero-order valence-corrected chi connectivity index (χ0v) is 18.0. The van der Waals surface area contributed by atoms with Gasteiger partial charge in [0.1, 0.15) is 21.9 Å². The molecule has 1 amide bonds. The lowest BCUT2D eigenvalue weighted by Crippen LogP contribution is -2.49. The summed E-state index contributed by atoms with van der Waals surface area (Å²) in [6, 6.07) is 8.30. The van der Waals surface area contributed by atoms with E-state index in [4.69, 9.17) is 0 Å². The number of carbonyl (C=O) groups excluding carboxylic acids is 1. The third-order valence-corrected chi connectivity index (χ3v) is 7.17. The van der Waals surface area contributed by atoms with Crippen molar-refractivity contribution in [3.8, 4) is 5.69 Å². The van der Waals surface area contributed by atoms with E-state index in [1.165, 1.54) is 11.3 Å². The van der Waals surface area contributed by atoms with Gasteiger partial charge in [-0.05, 0) is 48.9 Å². The maximum absolute atomic E-state index is 13.3. The van der Waals surface area contributed by atoms with Gasteiger partial charge in [-0.1, -0.05) is 0 Å². The number of piperazine rings is 1. The van der Waals surface area contributed by atoms with Crippen LogP contribution < -0.4 is 4.90 Å². The first kappa shape index (κ1) is 18.3. The molecule has 0 atom stereocenters. The Labute approximate surface area is 177 Å². The molecule has 8 heteroatoms. The number of aromatic nitrogens is 3. The molecule has 0 radical (unpaired) electrons. The van der Waals surface area contributed by atoms with Crippen molar-refractivity contribution in [2.24, 2.45) is 0 Å². The zero-order valence-electron chi connectivity index (χ0n) is 16.3. The van der Waals surface area contributed by atoms with Crippen molar-refractivity contribution in [2.75, 3.05) is 31.1 Å². The molecule has 0 bridgehead atoms. The quantitative estimate of drug-likeness (QED) is 0.497. The number of thiophene rings is 2. The van der Waals surface area contributed by atoms with Crippen LogP contribution in [-0.2, 0) is 0 Å². The fraction of sp³-hybridized carbons (Fsp3) is 0.286. The van der Waals surface area contributed by atoms with E-state index >= 15 is 0 Å². The molecule has 148 valence electrons. The summed E-state index contributed by atoms with van der Waals surface area (Å²) < 4.78 is 2.16. The molecule has 0 aromatic carbocycles. The van der Waals surface area contributed by atoms with Crippen molar-refractivity contribution < 1.29 is 4.79 Å². The third kappa shape index (κ3) is 3.12. The Kier molecular flexibility index (Phi) is 4.60. The van der Waals surface area contributed by atoms with Crippen LogP contribution in [0.2, 0.25) is 0 Å². The van der Waals surface area contributed by atoms with Gasteiger partial charge in [0, 0.05) is 37.6 Å². The van der Waals surface area contributed by atoms with E-state index < -0.39 is 0 Å². The molecule has 5 heterocycles. The molecule has 0 saturated carbocycles. The Morgan fingerprint density at radius 3 is 2.41 bits per heavy atom. The van der Waals surface area contributed by atoms with Gasteiger partial charge in [0.05, 0.1) is 11.1 Å². The van der Waals surface area contributed by atoms with Crippen LogP contribution in [0.15, 0.2) is 41.4 Å². The minimum atomic E-state index is 0.116. The summed E-state index contributed by atoms with van der Waals surface area (Å²) in [6.07, 6.45) is 1.63. The van der Waals surface area contributed by atoms with Crippen molar-refractivity contribution in [1.82, 2.24) is 19.4 Å². The number of hydrogen-bond acceptors (Lipinski definition) is 6. The number of amides is 1. The summed E-state index contributed by atoms with van der Waals surface area (Å²) in [5.74, 6) is 1.09. The predicted molar refractivity (Wildman–Crippen MR) is 119 cm³/mol. The lowest BCUT2D eigenvalue weighted by atomic mass is 10.2. The fourth-order valence-electron chi connectivity index (χ4n) is 3.98. The van der Waals surface area contributed by atoms with Crippen molar-refractivity contribution >= 4 is 44.6 Å². The predicted octanol–water partition coefficient (Wildman–Crippen LogP) is 4.12. The first-order valence-electron chi connectivity index (χ1n) is 9.59. The summed E-state index contributed by atoms with van der Waals surface area (Å²) in [7, 11) is 0. The van der Waals surface area contributed by atoms with E-state index in [2.05, 4.69) is 51.5 Å². The summed E-state index contributed by atoms with van der Waals surface area (Å²) >= 11 is 3.15. The summed E-state index contributed by atoms with van der Waals surface area (Å²) in [6.45, 7) is 7.08. The minimum Gasteiger partial charge on any atom is -0.352 e. The number of hydrogen-bond donors (Lipinski definition) is 0. The van der Waals surface area contributed by atoms with Crippen LogP contribution >= 0.6 is 22.7 Å². The van der Waals surface area contributed by atoms with Gasteiger partial charge in [0.2, 0.25) is 0 Å². The Balaban J connectivity index is 1.35. The third-order valence-electron chi connectivity index (χ3n) is 5.46. The number of fused-ring (bicyclic) bond motifs is 1. The zero-order chi connectivity index (χ0) is 20.0. The van der Waals surface area contributed by atoms with Gasteiger partial charge in [-0.3, -0.25) is 4.79 Å². The molecule has 0 spiro atoms. The molecule has 1 saturated heterocycles. The van der Waals surface area contributed by atoms with E-state index in [9.17, 15) is 4.79 Å². The number of rotatable bonds is 3. The van der Waals surface area contributed by atoms with Crippen LogP contribution in [0.4, 0.5) is 5.82 Å². The van der Waals surface area contributed by atoms with Gasteiger partial charge in [0.25, 0.3) is 5.91 Å². The molecule has 0 aliphatic carbocycles. The molecule has 4 aromatic rings. The van der Waals surface area contributed by atoms with Gasteiger partial charge in [-0.2, -0.15) is 0 Å². The van der Waals surface area contributed by atoms with Gasteiger partial charge in [-0.15, -0.1) is 22.7 Å². The van der Waals surface area contributed by atoms with Crippen molar-refractivity contribution in [3.05, 3.63) is 57.6 Å². The standard InChI is InChI=1S/C21H21N5OS2/c1-14-3-4-15(2)26(14)17-6-12-28-18(17)21(27)25-9-7-24(8-10-25)19-16-5-11-29-20(16)23-13-22-19/h3-6,11-13H,7-10H2,1-2H3. The molecule has 0 unspecified atom stereocenters. The number of aryl methyl sites for hydroxylation is 2. The second-order valence-electron chi connectivity index (χ2n) is 7.20. The first-order chi connectivity index (χ1) is 14.1. The molecule has 4 aromatic heterocycles. The van der Waals surface area contributed by atoms with Crippen molar-refractivity contribution in [2.45, 2.75) is 13.8 Å². The lowest BCUT2D eigenvalue weighted by Gasteiger charge is -2.35. The van der Waals surface area contributed by atoms with E-state index in [1.54, 1.807) is 17.7 Å². The molecular formula is C21H21N5OS2. The van der Waals surface area contributed by atoms with E-state index in [0.717, 1.165) is 51.1 Å². The fourth-order valence-corrected chi connectivity index (χ4v) is 5.55. The second kappa shape index (κ2) is 7.27. The molecular weight excluding hydrogens is 402 g/mol. The van der Waals surface area contributed by atoms with E-state index in [1.807, 2.05) is 21.7 Å². The maximum atomic E-state index is 13.3. The smallest absolute Gasteiger partial charge is 0.266 e. The Morgan fingerprint density at radius 2 is 1.66 bits per heavy atom. The van der Waals surface area contributed by atoms with Gasteiger partial charge < -0.3 is 14.4 Å². The molecule has 0 N–H and O–H groups in total. The highest BCUT2D eigenvalue weighted by Crippen LogP contribution is 2.29. The molecule has 1 aliphatic heterocycles. The molecule has 1 aliphatic rings. The SMILES string of the molecule is Cc1ccc(C)n1-c1ccsc1C(=O)N1CCN(c2ncnc3sccc23)CC1. The topological polar surface area (TPSA) is 54.3 Å². The van der Waals surface area contributed by atoms with Crippen LogP contribution in [0.1, 0.15) is 21.1 Å². The van der Waals surface area contributed by atoms with Gasteiger partial charge in [0.15, 0.2) is 0 Å². The summed E-state index contributed by atoms with van der Waals surface area (Å²) in [4.78, 5) is 28.2. The highest BCUT2D eigenvalue weighted by atomic mass is 32.1. The number of carbonyl (C=O) groups is 1. The van der Waals surface area contributed by atoms with Crippen molar-refractivity contribution in [1.29, 1.82) is 0 Å². The number of nitrogens with zero attached hydrogens (tertiary/aromatic N) is 5. The summed E-state index contributed by atoms with van der Waals surface area (Å²) in [5, 5.41) is 5.15. The Bertz CT molecular complexity index is 1160. The molecule has 5 rings (SSSR count). The van der Waals surface area contributed by atoms with Crippen LogP contribution in [-0.4, -0.2) is 51.5 Å². The Morgan fingerprint density at radius 1 is 0.931 bits per heavy atom. The van der Waals surface area contributed by atoms with Gasteiger partial charge >= 0.3 is 0 Å². The van der Waals surface area contributed by atoms with E-state index in [0.29, 0.717) is 13.1 Å². The second-order valence-corrected chi connectivity index (χ2v) is 9.01. The normalized spacial score (nSPS) is 14.7. The van der Waals surface area contributed by atoms with E-state index in [-0.39, 0.29) is 5.91 Å². The van der Waals surface area contributed by atoms with Crippen molar-refractivity contribution in [3.63, 3.8) is 0 Å². The average molecular weight is 424 g/mol. The monoisotopic (exact) mass is 423 g/mol. The van der Waals surface area contributed by atoms with Crippen LogP contribution in [0, 0.1) is 13.8 Å². The molecule has 29 heavy (non-hydrogen) atoms. The van der Waals surface area contributed by atoms with Crippen LogP contribution in [0.25, 0.3) is 15.9 Å². The largest absolute Gasteiger partial charge is 0.352 e. The molecule has 6 nitrogen and oxygen atoms in total. The Hall–Kier alpha value is -2.71. The minimum absolute atomic E-state index is 0.116. The maximum Gasteiger partial charge on any atom is 0.266 e. The first-order valence-corrected chi connectivity index (χ1v) is 11.3. The highest BCUT2D eigenvalue weighted by molar-refractivity contribution is 7.16. The van der Waals surface area contributed by atoms with Crippen LogP contribution in [0.5, 0.6) is 0 Å². The molecule has 1 fully saturated rings. The summed E-state index contributed by atoms with van der Waals surface area (Å²) in [5.41, 5.74) is 3.27. The van der Waals surface area contributed by atoms with Crippen LogP contribution in [0.3, 0.4) is 0 Å². The lowest BCUT2D eigenvalue weighted by molar-refractivity contribution is 0.0751. The average Bonchev–Trinajstić information content (AvgIpc) is 3.47. The van der Waals surface area contributed by atoms with Gasteiger partial charge in [-0.25, -0.2) is 9.97 Å².